The van der Waals surface area contributed by atoms with Crippen molar-refractivity contribution in [2.75, 3.05) is 11.5 Å². The maximum absolute atomic E-state index is 14.5. The molecule has 1 aliphatic heterocycles. The Kier molecular flexibility index (Phi) is 5.69. The van der Waals surface area contributed by atoms with E-state index in [9.17, 15) is 18.8 Å². The van der Waals surface area contributed by atoms with Crippen LogP contribution in [0.3, 0.4) is 0 Å². The lowest BCUT2D eigenvalue weighted by Gasteiger charge is -2.19. The molecule has 3 atom stereocenters. The van der Waals surface area contributed by atoms with Gasteiger partial charge in [0.15, 0.2) is 6.10 Å². The van der Waals surface area contributed by atoms with E-state index in [-0.39, 0.29) is 23.1 Å². The lowest BCUT2D eigenvalue weighted by Crippen LogP contribution is -2.32. The molecule has 1 saturated heterocycles. The van der Waals surface area contributed by atoms with Gasteiger partial charge in [-0.3, -0.25) is 9.59 Å². The Balaban J connectivity index is 1.91. The van der Waals surface area contributed by atoms with Gasteiger partial charge >= 0.3 is 5.97 Å². The predicted molar refractivity (Wildman–Crippen MR) is 96.1 cm³/mol. The first-order chi connectivity index (χ1) is 12.8. The van der Waals surface area contributed by atoms with E-state index < -0.39 is 41.5 Å². The number of hydrogen-bond donors (Lipinski definition) is 0. The molecule has 3 unspecified atom stereocenters. The minimum Gasteiger partial charge on any atom is -0.477 e. The molecule has 0 spiro atoms. The summed E-state index contributed by atoms with van der Waals surface area (Å²) in [6.45, 7) is 3.32. The fraction of sp³-hybridized carbons (Fsp3) is 0.526. The highest BCUT2D eigenvalue weighted by molar-refractivity contribution is 6.32. The number of esters is 1. The number of fused-ring (bicyclic) bond motifs is 1. The number of carbonyl (C=O) groups is 3. The Labute approximate surface area is 161 Å². The highest BCUT2D eigenvalue weighted by atomic mass is 35.5. The van der Waals surface area contributed by atoms with Crippen molar-refractivity contribution in [2.45, 2.75) is 45.6 Å². The smallest absolute Gasteiger partial charge is 0.347 e. The van der Waals surface area contributed by atoms with Crippen LogP contribution in [-0.2, 0) is 19.1 Å². The second-order valence-corrected chi connectivity index (χ2v) is 7.16. The molecule has 2 aliphatic rings. The molecule has 8 heteroatoms. The van der Waals surface area contributed by atoms with E-state index >= 15 is 0 Å². The van der Waals surface area contributed by atoms with E-state index in [0.717, 1.165) is 23.8 Å². The molecule has 0 aromatic heterocycles. The van der Waals surface area contributed by atoms with Crippen LogP contribution in [0.2, 0.25) is 5.02 Å². The topological polar surface area (TPSA) is 72.9 Å². The standard InChI is InChI=1S/C19H21ClFNO5/c1-3-26-19(25)10(2)27-16-9-15(14(21)8-13(16)20)22-17(23)11-6-4-5-7-12(11)18(22)24/h8-12H,3-7H2,1-2H3. The number of benzene rings is 1. The van der Waals surface area contributed by atoms with Gasteiger partial charge in [0.2, 0.25) is 11.8 Å². The molecule has 146 valence electrons. The lowest BCUT2D eigenvalue weighted by atomic mass is 9.81. The third kappa shape index (κ3) is 3.65. The second-order valence-electron chi connectivity index (χ2n) is 6.76. The molecule has 1 aromatic carbocycles. The van der Waals surface area contributed by atoms with E-state index in [1.807, 2.05) is 0 Å². The van der Waals surface area contributed by atoms with Crippen LogP contribution < -0.4 is 9.64 Å². The molecule has 1 saturated carbocycles. The van der Waals surface area contributed by atoms with Crippen LogP contribution >= 0.6 is 11.6 Å². The number of rotatable bonds is 5. The molecule has 1 aromatic rings. The van der Waals surface area contributed by atoms with Crippen molar-refractivity contribution in [3.8, 4) is 5.75 Å². The van der Waals surface area contributed by atoms with Crippen molar-refractivity contribution in [1.29, 1.82) is 0 Å². The van der Waals surface area contributed by atoms with Crippen LogP contribution in [0, 0.1) is 17.7 Å². The Morgan fingerprint density at radius 3 is 2.41 bits per heavy atom. The molecule has 27 heavy (non-hydrogen) atoms. The second kappa shape index (κ2) is 7.84. The molecular formula is C19H21ClFNO5. The maximum Gasteiger partial charge on any atom is 0.347 e. The zero-order valence-electron chi connectivity index (χ0n) is 15.2. The highest BCUT2D eigenvalue weighted by Gasteiger charge is 2.49. The van der Waals surface area contributed by atoms with E-state index in [2.05, 4.69) is 0 Å². The SMILES string of the molecule is CCOC(=O)C(C)Oc1cc(N2C(=O)C3CCCCC3C2=O)c(F)cc1Cl. The van der Waals surface area contributed by atoms with Crippen molar-refractivity contribution in [2.24, 2.45) is 11.8 Å². The number of hydrogen-bond acceptors (Lipinski definition) is 5. The Bertz CT molecular complexity index is 760. The first kappa shape index (κ1) is 19.6. The summed E-state index contributed by atoms with van der Waals surface area (Å²) in [5.74, 6) is -2.97. The van der Waals surface area contributed by atoms with E-state index in [1.54, 1.807) is 6.92 Å². The third-order valence-corrected chi connectivity index (χ3v) is 5.30. The van der Waals surface area contributed by atoms with Crippen LogP contribution in [0.5, 0.6) is 5.75 Å². The van der Waals surface area contributed by atoms with Gasteiger partial charge in [-0.2, -0.15) is 0 Å². The van der Waals surface area contributed by atoms with Gasteiger partial charge in [0, 0.05) is 6.07 Å². The molecule has 1 aliphatic carbocycles. The summed E-state index contributed by atoms with van der Waals surface area (Å²) in [6.07, 6.45) is 2.03. The summed E-state index contributed by atoms with van der Waals surface area (Å²) < 4.78 is 24.9. The van der Waals surface area contributed by atoms with Gasteiger partial charge < -0.3 is 9.47 Å². The summed E-state index contributed by atoms with van der Waals surface area (Å²) in [6, 6.07) is 2.17. The Morgan fingerprint density at radius 2 is 1.85 bits per heavy atom. The van der Waals surface area contributed by atoms with Crippen LogP contribution in [0.1, 0.15) is 39.5 Å². The number of ether oxygens (including phenoxy) is 2. The van der Waals surface area contributed by atoms with Crippen LogP contribution in [0.15, 0.2) is 12.1 Å². The van der Waals surface area contributed by atoms with E-state index in [4.69, 9.17) is 21.1 Å². The molecule has 0 radical (unpaired) electrons. The normalized spacial score (nSPS) is 23.2. The van der Waals surface area contributed by atoms with Crippen molar-refractivity contribution in [3.63, 3.8) is 0 Å². The van der Waals surface area contributed by atoms with Crippen molar-refractivity contribution < 1.29 is 28.2 Å². The third-order valence-electron chi connectivity index (χ3n) is 5.01. The van der Waals surface area contributed by atoms with Gasteiger partial charge in [0.05, 0.1) is 29.2 Å². The molecule has 6 nitrogen and oxygen atoms in total. The minimum absolute atomic E-state index is 0.00379. The molecule has 0 N–H and O–H groups in total. The highest BCUT2D eigenvalue weighted by Crippen LogP contribution is 2.42. The fourth-order valence-corrected chi connectivity index (χ4v) is 3.87. The minimum atomic E-state index is -0.978. The van der Waals surface area contributed by atoms with Crippen molar-refractivity contribution in [1.82, 2.24) is 0 Å². The Hall–Kier alpha value is -2.15. The number of halogens is 2. The largest absolute Gasteiger partial charge is 0.477 e. The summed E-state index contributed by atoms with van der Waals surface area (Å²) in [7, 11) is 0. The quantitative estimate of drug-likeness (QED) is 0.561. The molecule has 2 fully saturated rings. The molecule has 0 bridgehead atoms. The average Bonchev–Trinajstić information content (AvgIpc) is 2.89. The van der Waals surface area contributed by atoms with Crippen LogP contribution in [0.4, 0.5) is 10.1 Å². The monoisotopic (exact) mass is 397 g/mol. The molecular weight excluding hydrogens is 377 g/mol. The van der Waals surface area contributed by atoms with Crippen LogP contribution in [0.25, 0.3) is 0 Å². The molecule has 2 amide bonds. The summed E-state index contributed by atoms with van der Waals surface area (Å²) >= 11 is 6.02. The summed E-state index contributed by atoms with van der Waals surface area (Å²) in [5, 5.41) is -0.0658. The van der Waals surface area contributed by atoms with Crippen LogP contribution in [-0.4, -0.2) is 30.5 Å². The first-order valence-corrected chi connectivity index (χ1v) is 9.43. The van der Waals surface area contributed by atoms with Gasteiger partial charge in [0.1, 0.15) is 11.6 Å². The van der Waals surface area contributed by atoms with Gasteiger partial charge in [0.25, 0.3) is 0 Å². The molecule has 3 rings (SSSR count). The number of carbonyl (C=O) groups excluding carboxylic acids is 3. The first-order valence-electron chi connectivity index (χ1n) is 9.05. The molecule has 1 heterocycles. The fourth-order valence-electron chi connectivity index (χ4n) is 3.68. The van der Waals surface area contributed by atoms with Gasteiger partial charge in [-0.25, -0.2) is 14.1 Å². The number of amides is 2. The van der Waals surface area contributed by atoms with Gasteiger partial charge in [-0.05, 0) is 32.8 Å². The summed E-state index contributed by atoms with van der Waals surface area (Å²) in [4.78, 5) is 38.1. The summed E-state index contributed by atoms with van der Waals surface area (Å²) in [5.41, 5.74) is -0.199. The Morgan fingerprint density at radius 1 is 1.26 bits per heavy atom. The van der Waals surface area contributed by atoms with E-state index in [0.29, 0.717) is 12.8 Å². The van der Waals surface area contributed by atoms with Crippen molar-refractivity contribution >= 4 is 35.1 Å². The number of imide groups is 1. The number of anilines is 1. The zero-order chi connectivity index (χ0) is 19.7. The predicted octanol–water partition coefficient (Wildman–Crippen LogP) is 3.49. The van der Waals surface area contributed by atoms with Gasteiger partial charge in [-0.15, -0.1) is 0 Å². The maximum atomic E-state index is 14.5. The van der Waals surface area contributed by atoms with Crippen molar-refractivity contribution in [3.05, 3.63) is 23.0 Å². The average molecular weight is 398 g/mol. The van der Waals surface area contributed by atoms with E-state index in [1.165, 1.54) is 13.0 Å². The zero-order valence-corrected chi connectivity index (χ0v) is 15.9. The number of nitrogens with zero attached hydrogens (tertiary/aromatic N) is 1. The van der Waals surface area contributed by atoms with Gasteiger partial charge in [-0.1, -0.05) is 24.4 Å². The lowest BCUT2D eigenvalue weighted by molar-refractivity contribution is -0.150.